The first-order valence-corrected chi connectivity index (χ1v) is 10.7. The number of hydrogen-bond acceptors (Lipinski definition) is 8. The molecule has 2 heterocycles. The van der Waals surface area contributed by atoms with E-state index in [1.807, 2.05) is 30.3 Å². The fraction of sp³-hybridized carbons (Fsp3) is 0.250. The zero-order chi connectivity index (χ0) is 22.9. The lowest BCUT2D eigenvalue weighted by Crippen LogP contribution is -2.99. The molecule has 5 rings (SSSR count). The van der Waals surface area contributed by atoms with Crippen molar-refractivity contribution in [2.45, 2.75) is 25.1 Å². The van der Waals surface area contributed by atoms with E-state index in [-0.39, 0.29) is 11.7 Å². The Balaban J connectivity index is 1.43. The van der Waals surface area contributed by atoms with E-state index in [1.54, 1.807) is 19.2 Å². The minimum Gasteiger partial charge on any atom is -0.595 e. The van der Waals surface area contributed by atoms with Gasteiger partial charge < -0.3 is 19.6 Å². The minimum absolute atomic E-state index is 0.156. The number of ether oxygens (including phenoxy) is 1. The van der Waals surface area contributed by atoms with Gasteiger partial charge >= 0.3 is 0 Å². The third-order valence-corrected chi connectivity index (χ3v) is 6.04. The summed E-state index contributed by atoms with van der Waals surface area (Å²) in [5.41, 5.74) is 1.83. The molecule has 1 aliphatic rings. The van der Waals surface area contributed by atoms with Crippen LogP contribution >= 0.6 is 0 Å². The number of quaternary nitrogens is 1. The largest absolute Gasteiger partial charge is 0.595 e. The number of methoxy groups -OCH3 is 1. The Hall–Kier alpha value is -3.34. The Bertz CT molecular complexity index is 1270. The fourth-order valence-electron chi connectivity index (χ4n) is 4.46. The summed E-state index contributed by atoms with van der Waals surface area (Å²) in [5, 5.41) is 36.1. The lowest BCUT2D eigenvalue weighted by molar-refractivity contribution is -0.991. The number of aliphatic hydroxyl groups is 1. The highest BCUT2D eigenvalue weighted by atomic mass is 16.8. The van der Waals surface area contributed by atoms with Gasteiger partial charge in [0.05, 0.1) is 19.3 Å². The molecule has 4 aromatic rings. The van der Waals surface area contributed by atoms with Crippen LogP contribution in [0.15, 0.2) is 65.2 Å². The van der Waals surface area contributed by atoms with Gasteiger partial charge in [0.25, 0.3) is 0 Å². The quantitative estimate of drug-likeness (QED) is 0.385. The molecule has 0 saturated carbocycles. The summed E-state index contributed by atoms with van der Waals surface area (Å²) < 4.78 is 11.1. The lowest BCUT2D eigenvalue weighted by Gasteiger charge is -2.22. The predicted octanol–water partition coefficient (Wildman–Crippen LogP) is 2.61. The van der Waals surface area contributed by atoms with Gasteiger partial charge in [0.1, 0.15) is 5.75 Å². The standard InChI is InChI=1S/C24H24N4O5/c1-32-22-10-9-16(19-7-2-3-8-20(19)22)13-27-14-18(29)12-21(27)24-25-23(26-33-24)15-5-4-6-17(11-15)28(30)31/h2-11,18,21,28-30H,12-14H2,1H3/t18-,21+/m1/s1. The molecule has 9 heteroatoms. The van der Waals surface area contributed by atoms with Gasteiger partial charge in [-0.25, -0.2) is 5.21 Å². The molecular weight excluding hydrogens is 424 g/mol. The van der Waals surface area contributed by atoms with Crippen LogP contribution in [0.25, 0.3) is 22.2 Å². The van der Waals surface area contributed by atoms with Crippen molar-refractivity contribution in [3.63, 3.8) is 0 Å². The van der Waals surface area contributed by atoms with Gasteiger partial charge in [0, 0.05) is 36.2 Å². The summed E-state index contributed by atoms with van der Waals surface area (Å²) in [6, 6.07) is 18.2. The number of aromatic nitrogens is 2. The molecule has 1 fully saturated rings. The maximum atomic E-state index is 11.3. The lowest BCUT2D eigenvalue weighted by atomic mass is 10.0. The maximum absolute atomic E-state index is 11.3. The van der Waals surface area contributed by atoms with E-state index in [0.717, 1.165) is 22.1 Å². The van der Waals surface area contributed by atoms with Gasteiger partial charge in [-0.05, 0) is 23.4 Å². The zero-order valence-corrected chi connectivity index (χ0v) is 18.0. The highest BCUT2D eigenvalue weighted by Gasteiger charge is 2.36. The van der Waals surface area contributed by atoms with E-state index >= 15 is 0 Å². The van der Waals surface area contributed by atoms with Crippen molar-refractivity contribution >= 4 is 16.5 Å². The summed E-state index contributed by atoms with van der Waals surface area (Å²) >= 11 is 0. The molecule has 0 spiro atoms. The van der Waals surface area contributed by atoms with Crippen molar-refractivity contribution in [1.29, 1.82) is 0 Å². The number of likely N-dealkylation sites (tertiary alicyclic amines) is 1. The molecular formula is C24H24N4O5. The van der Waals surface area contributed by atoms with Crippen LogP contribution in [0.5, 0.6) is 5.75 Å². The molecule has 33 heavy (non-hydrogen) atoms. The number of nitrogens with one attached hydrogen (secondary N) is 1. The molecule has 1 aromatic heterocycles. The summed E-state index contributed by atoms with van der Waals surface area (Å²) in [5.74, 6) is 1.54. The van der Waals surface area contributed by atoms with E-state index in [4.69, 9.17) is 9.26 Å². The minimum atomic E-state index is -1.02. The van der Waals surface area contributed by atoms with E-state index in [1.165, 1.54) is 12.1 Å². The molecule has 9 nitrogen and oxygen atoms in total. The first-order chi connectivity index (χ1) is 16.0. The Morgan fingerprint density at radius 3 is 2.76 bits per heavy atom. The third-order valence-electron chi connectivity index (χ3n) is 6.04. The molecule has 3 aromatic carbocycles. The van der Waals surface area contributed by atoms with E-state index in [0.29, 0.717) is 36.8 Å². The average molecular weight is 448 g/mol. The second kappa shape index (κ2) is 8.89. The molecule has 1 aliphatic heterocycles. The summed E-state index contributed by atoms with van der Waals surface area (Å²) in [6.45, 7) is 1.08. The molecule has 0 radical (unpaired) electrons. The van der Waals surface area contributed by atoms with Crippen molar-refractivity contribution in [3.8, 4) is 17.1 Å². The number of benzene rings is 3. The SMILES string of the molecule is COc1ccc(CN2C[C@H](O)C[C@H]2c2nc(-c3cccc([NH+]([O-])O)c3)no2)c2ccccc12. The Morgan fingerprint density at radius 2 is 1.97 bits per heavy atom. The smallest absolute Gasteiger partial charge is 0.244 e. The first kappa shape index (κ1) is 21.5. The average Bonchev–Trinajstić information content (AvgIpc) is 3.46. The van der Waals surface area contributed by atoms with Crippen LogP contribution < -0.4 is 9.96 Å². The van der Waals surface area contributed by atoms with E-state index in [9.17, 15) is 15.5 Å². The zero-order valence-electron chi connectivity index (χ0n) is 18.0. The van der Waals surface area contributed by atoms with Crippen molar-refractivity contribution in [1.82, 2.24) is 15.0 Å². The van der Waals surface area contributed by atoms with Gasteiger partial charge in [0.2, 0.25) is 11.7 Å². The van der Waals surface area contributed by atoms with Crippen LogP contribution in [0, 0.1) is 5.21 Å². The van der Waals surface area contributed by atoms with Crippen LogP contribution in [0.4, 0.5) is 5.69 Å². The van der Waals surface area contributed by atoms with Crippen LogP contribution in [0.2, 0.25) is 0 Å². The number of nitrogens with zero attached hydrogens (tertiary/aromatic N) is 3. The molecule has 3 N–H and O–H groups in total. The normalized spacial score (nSPS) is 19.8. The summed E-state index contributed by atoms with van der Waals surface area (Å²) in [6.07, 6.45) is -0.0320. The molecule has 3 atom stereocenters. The number of β-amino-alcohol motifs (C(OH)–C–C–N with tert-alkyl or cyclic N) is 1. The number of aliphatic hydroxyl groups excluding tert-OH is 1. The summed E-state index contributed by atoms with van der Waals surface area (Å²) in [7, 11) is 1.66. The number of hydrogen-bond donors (Lipinski definition) is 3. The van der Waals surface area contributed by atoms with Gasteiger partial charge in [-0.2, -0.15) is 10.2 Å². The summed E-state index contributed by atoms with van der Waals surface area (Å²) in [4.78, 5) is 6.66. The topological polar surface area (TPSA) is 119 Å². The predicted molar refractivity (Wildman–Crippen MR) is 120 cm³/mol. The fourth-order valence-corrected chi connectivity index (χ4v) is 4.46. The molecule has 170 valence electrons. The number of fused-ring (bicyclic) bond motifs is 1. The second-order valence-corrected chi connectivity index (χ2v) is 8.15. The first-order valence-electron chi connectivity index (χ1n) is 10.7. The molecule has 0 aliphatic carbocycles. The van der Waals surface area contributed by atoms with Gasteiger partial charge in [0.15, 0.2) is 5.69 Å². The van der Waals surface area contributed by atoms with Gasteiger partial charge in [-0.3, -0.25) is 4.90 Å². The molecule has 0 bridgehead atoms. The van der Waals surface area contributed by atoms with Crippen LogP contribution in [0.3, 0.4) is 0 Å². The Labute approximate surface area is 190 Å². The Morgan fingerprint density at radius 1 is 1.15 bits per heavy atom. The monoisotopic (exact) mass is 448 g/mol. The highest BCUT2D eigenvalue weighted by molar-refractivity contribution is 5.91. The third kappa shape index (κ3) is 4.20. The van der Waals surface area contributed by atoms with Crippen molar-refractivity contribution in [2.24, 2.45) is 0 Å². The van der Waals surface area contributed by atoms with Crippen molar-refractivity contribution < 1.29 is 24.8 Å². The highest BCUT2D eigenvalue weighted by Crippen LogP contribution is 2.36. The second-order valence-electron chi connectivity index (χ2n) is 8.15. The van der Waals surface area contributed by atoms with Gasteiger partial charge in [-0.15, -0.1) is 0 Å². The van der Waals surface area contributed by atoms with Crippen molar-refractivity contribution in [2.75, 3.05) is 13.7 Å². The molecule has 1 unspecified atom stereocenters. The van der Waals surface area contributed by atoms with Crippen molar-refractivity contribution in [3.05, 3.63) is 77.3 Å². The van der Waals surface area contributed by atoms with Crippen LogP contribution in [-0.2, 0) is 6.54 Å². The molecule has 1 saturated heterocycles. The van der Waals surface area contributed by atoms with Gasteiger partial charge in [-0.1, -0.05) is 47.6 Å². The van der Waals surface area contributed by atoms with Crippen LogP contribution in [-0.4, -0.2) is 45.1 Å². The van der Waals surface area contributed by atoms with E-state index < -0.39 is 11.3 Å². The Kier molecular flexibility index (Phi) is 5.79. The maximum Gasteiger partial charge on any atom is 0.244 e. The van der Waals surface area contributed by atoms with Crippen LogP contribution in [0.1, 0.15) is 23.9 Å². The van der Waals surface area contributed by atoms with E-state index in [2.05, 4.69) is 21.1 Å². The number of rotatable bonds is 6. The molecule has 0 amide bonds.